The number of benzene rings is 2. The molecule has 1 saturated carbocycles. The third kappa shape index (κ3) is 3.51. The quantitative estimate of drug-likeness (QED) is 0.749. The predicted molar refractivity (Wildman–Crippen MR) is 86.7 cm³/mol. The summed E-state index contributed by atoms with van der Waals surface area (Å²) in [5.74, 6) is -0.271. The van der Waals surface area contributed by atoms with Crippen molar-refractivity contribution in [3.8, 4) is 11.1 Å². The topological polar surface area (TPSA) is 12.0 Å². The van der Waals surface area contributed by atoms with Crippen LogP contribution in [0.5, 0.6) is 0 Å². The van der Waals surface area contributed by atoms with Crippen LogP contribution in [0, 0.1) is 5.82 Å². The van der Waals surface area contributed by atoms with Crippen molar-refractivity contribution in [1.82, 2.24) is 5.32 Å². The van der Waals surface area contributed by atoms with E-state index in [-0.39, 0.29) is 5.82 Å². The maximum Gasteiger partial charge on any atom is 0.123 e. The lowest BCUT2D eigenvalue weighted by Gasteiger charge is -2.14. The van der Waals surface area contributed by atoms with Crippen molar-refractivity contribution in [3.63, 3.8) is 0 Å². The van der Waals surface area contributed by atoms with Crippen molar-refractivity contribution in [2.75, 3.05) is 0 Å². The highest BCUT2D eigenvalue weighted by Crippen LogP contribution is 2.39. The van der Waals surface area contributed by atoms with Gasteiger partial charge in [-0.15, -0.1) is 0 Å². The largest absolute Gasteiger partial charge is 0.310 e. The average molecular weight is 345 g/mol. The minimum Gasteiger partial charge on any atom is -0.310 e. The lowest BCUT2D eigenvalue weighted by molar-refractivity contribution is 0.620. The first-order valence-electron chi connectivity index (χ1n) is 6.71. The predicted octanol–water partition coefficient (Wildman–Crippen LogP) is 5.70. The fourth-order valence-electron chi connectivity index (χ4n) is 2.29. The number of hydrogen-bond acceptors (Lipinski definition) is 1. The van der Waals surface area contributed by atoms with Crippen molar-refractivity contribution in [1.29, 1.82) is 0 Å². The Kier molecular flexibility index (Phi) is 4.41. The number of nitrogens with one attached hydrogen (secondary N) is 1. The molecule has 1 N–H and O–H groups in total. The van der Waals surface area contributed by atoms with Crippen molar-refractivity contribution in [2.45, 2.75) is 25.4 Å². The van der Waals surface area contributed by atoms with Gasteiger partial charge in [0.2, 0.25) is 0 Å². The zero-order valence-corrected chi connectivity index (χ0v) is 13.4. The van der Waals surface area contributed by atoms with E-state index < -0.39 is 0 Å². The third-order valence-corrected chi connectivity index (χ3v) is 4.32. The maximum atomic E-state index is 13.6. The molecule has 0 spiro atoms. The first-order chi connectivity index (χ1) is 10.0. The van der Waals surface area contributed by atoms with Gasteiger partial charge in [-0.3, -0.25) is 0 Å². The third-order valence-electron chi connectivity index (χ3n) is 3.50. The van der Waals surface area contributed by atoms with Crippen LogP contribution in [-0.2, 0) is 6.54 Å². The summed E-state index contributed by atoms with van der Waals surface area (Å²) in [6.45, 7) is 0.590. The summed E-state index contributed by atoms with van der Waals surface area (Å²) < 4.78 is 13.6. The monoisotopic (exact) mass is 343 g/mol. The summed E-state index contributed by atoms with van der Waals surface area (Å²) in [5.41, 5.74) is 2.36. The van der Waals surface area contributed by atoms with Gasteiger partial charge in [0.15, 0.2) is 0 Å². The highest BCUT2D eigenvalue weighted by Gasteiger charge is 2.21. The molecule has 0 atom stereocenters. The van der Waals surface area contributed by atoms with Gasteiger partial charge in [-0.25, -0.2) is 4.39 Å². The molecule has 0 radical (unpaired) electrons. The van der Waals surface area contributed by atoms with Gasteiger partial charge in [-0.1, -0.05) is 40.9 Å². The van der Waals surface area contributed by atoms with Crippen LogP contribution in [0.15, 0.2) is 30.3 Å². The van der Waals surface area contributed by atoms with E-state index in [1.807, 2.05) is 0 Å². The maximum absolute atomic E-state index is 13.6. The van der Waals surface area contributed by atoms with Crippen LogP contribution in [0.2, 0.25) is 15.1 Å². The molecule has 0 heterocycles. The van der Waals surface area contributed by atoms with E-state index in [1.54, 1.807) is 18.2 Å². The number of hydrogen-bond donors (Lipinski definition) is 1. The summed E-state index contributed by atoms with van der Waals surface area (Å²) in [6.07, 6.45) is 2.35. The smallest absolute Gasteiger partial charge is 0.123 e. The van der Waals surface area contributed by atoms with Gasteiger partial charge in [0, 0.05) is 23.2 Å². The molecule has 0 unspecified atom stereocenters. The fraction of sp³-hybridized carbons (Fsp3) is 0.250. The average Bonchev–Trinajstić information content (AvgIpc) is 3.21. The molecule has 21 heavy (non-hydrogen) atoms. The SMILES string of the molecule is Fc1ccc(-c2c(Cl)cc(Cl)cc2Cl)c(CNC2CC2)c1. The first kappa shape index (κ1) is 15.1. The Bertz CT molecular complexity index is 660. The zero-order valence-electron chi connectivity index (χ0n) is 11.1. The van der Waals surface area contributed by atoms with Crippen molar-refractivity contribution in [3.05, 3.63) is 56.8 Å². The second kappa shape index (κ2) is 6.13. The van der Waals surface area contributed by atoms with Gasteiger partial charge in [0.25, 0.3) is 0 Å². The standard InChI is InChI=1S/C16H13Cl3FN/c17-10-6-14(18)16(15(19)7-10)13-4-1-11(20)5-9(13)8-21-12-2-3-12/h1,4-7,12,21H,2-3,8H2. The normalized spacial score (nSPS) is 14.5. The number of rotatable bonds is 4. The van der Waals surface area contributed by atoms with E-state index in [0.717, 1.165) is 11.1 Å². The summed E-state index contributed by atoms with van der Waals surface area (Å²) in [5, 5.41) is 4.79. The molecule has 1 nitrogen and oxygen atoms in total. The van der Waals surface area contributed by atoms with E-state index in [2.05, 4.69) is 5.32 Å². The summed E-state index contributed by atoms with van der Waals surface area (Å²) in [7, 11) is 0. The Hall–Kier alpha value is -0.800. The summed E-state index contributed by atoms with van der Waals surface area (Å²) >= 11 is 18.5. The minimum atomic E-state index is -0.271. The van der Waals surface area contributed by atoms with E-state index in [1.165, 1.54) is 25.0 Å². The molecular formula is C16H13Cl3FN. The lowest BCUT2D eigenvalue weighted by Crippen LogP contribution is -2.16. The molecule has 110 valence electrons. The fourth-order valence-corrected chi connectivity index (χ4v) is 3.31. The van der Waals surface area contributed by atoms with Crippen LogP contribution >= 0.6 is 34.8 Å². The molecular weight excluding hydrogens is 332 g/mol. The molecule has 0 aliphatic heterocycles. The molecule has 0 amide bonds. The van der Waals surface area contributed by atoms with Gasteiger partial charge < -0.3 is 5.32 Å². The van der Waals surface area contributed by atoms with Crippen LogP contribution in [0.1, 0.15) is 18.4 Å². The van der Waals surface area contributed by atoms with Gasteiger partial charge >= 0.3 is 0 Å². The van der Waals surface area contributed by atoms with E-state index >= 15 is 0 Å². The Labute approximate surface area is 138 Å². The molecule has 0 saturated heterocycles. The lowest BCUT2D eigenvalue weighted by atomic mass is 9.99. The van der Waals surface area contributed by atoms with Crippen LogP contribution in [0.25, 0.3) is 11.1 Å². The zero-order chi connectivity index (χ0) is 15.0. The molecule has 0 bridgehead atoms. The van der Waals surface area contributed by atoms with Crippen LogP contribution in [0.4, 0.5) is 4.39 Å². The Balaban J connectivity index is 2.04. The molecule has 5 heteroatoms. The number of halogens is 4. The van der Waals surface area contributed by atoms with Gasteiger partial charge in [0.05, 0.1) is 10.0 Å². The van der Waals surface area contributed by atoms with Gasteiger partial charge in [-0.2, -0.15) is 0 Å². The minimum absolute atomic E-state index is 0.271. The van der Waals surface area contributed by atoms with Gasteiger partial charge in [-0.05, 0) is 48.2 Å². The Morgan fingerprint density at radius 2 is 1.71 bits per heavy atom. The van der Waals surface area contributed by atoms with Crippen molar-refractivity contribution >= 4 is 34.8 Å². The van der Waals surface area contributed by atoms with Crippen molar-refractivity contribution < 1.29 is 4.39 Å². The Morgan fingerprint density at radius 1 is 1.05 bits per heavy atom. The van der Waals surface area contributed by atoms with Crippen LogP contribution in [0.3, 0.4) is 0 Å². The van der Waals surface area contributed by atoms with E-state index in [9.17, 15) is 4.39 Å². The van der Waals surface area contributed by atoms with Crippen LogP contribution in [-0.4, -0.2) is 6.04 Å². The molecule has 2 aromatic carbocycles. The highest BCUT2D eigenvalue weighted by molar-refractivity contribution is 6.41. The molecule has 1 aliphatic carbocycles. The molecule has 2 aromatic rings. The Morgan fingerprint density at radius 3 is 2.33 bits per heavy atom. The molecule has 0 aromatic heterocycles. The second-order valence-electron chi connectivity index (χ2n) is 5.20. The summed E-state index contributed by atoms with van der Waals surface area (Å²) in [6, 6.07) is 8.47. The highest BCUT2D eigenvalue weighted by atomic mass is 35.5. The van der Waals surface area contributed by atoms with Crippen molar-refractivity contribution in [2.24, 2.45) is 0 Å². The second-order valence-corrected chi connectivity index (χ2v) is 6.45. The van der Waals surface area contributed by atoms with Crippen LogP contribution < -0.4 is 5.32 Å². The summed E-state index contributed by atoms with van der Waals surface area (Å²) in [4.78, 5) is 0. The molecule has 1 aliphatic rings. The van der Waals surface area contributed by atoms with Gasteiger partial charge in [0.1, 0.15) is 5.82 Å². The van der Waals surface area contributed by atoms with E-state index in [4.69, 9.17) is 34.8 Å². The molecule has 1 fully saturated rings. The first-order valence-corrected chi connectivity index (χ1v) is 7.84. The van der Waals surface area contributed by atoms with E-state index in [0.29, 0.717) is 33.2 Å². The molecule has 3 rings (SSSR count).